The van der Waals surface area contributed by atoms with Crippen molar-refractivity contribution < 1.29 is 5.11 Å². The first-order chi connectivity index (χ1) is 7.07. The van der Waals surface area contributed by atoms with E-state index in [0.29, 0.717) is 12.4 Å². The number of anilines is 1. The van der Waals surface area contributed by atoms with Crippen molar-refractivity contribution in [2.45, 2.75) is 19.9 Å². The summed E-state index contributed by atoms with van der Waals surface area (Å²) in [4.78, 5) is 17.6. The minimum atomic E-state index is -0.122. The van der Waals surface area contributed by atoms with Crippen LogP contribution in [0.15, 0.2) is 17.2 Å². The van der Waals surface area contributed by atoms with Crippen LogP contribution >= 0.6 is 0 Å². The molecule has 1 aromatic rings. The molecular formula is C10H17N3O2. The summed E-state index contributed by atoms with van der Waals surface area (Å²) in [6, 6.07) is 0.113. The lowest BCUT2D eigenvalue weighted by Crippen LogP contribution is -2.32. The molecule has 0 aliphatic carbocycles. The predicted molar refractivity (Wildman–Crippen MR) is 59.2 cm³/mol. The van der Waals surface area contributed by atoms with E-state index in [4.69, 9.17) is 5.11 Å². The summed E-state index contributed by atoms with van der Waals surface area (Å²) >= 11 is 0. The van der Waals surface area contributed by atoms with Crippen molar-refractivity contribution in [1.82, 2.24) is 9.55 Å². The van der Waals surface area contributed by atoms with Gasteiger partial charge in [0.05, 0.1) is 6.61 Å². The van der Waals surface area contributed by atoms with Gasteiger partial charge in [0.15, 0.2) is 5.82 Å². The van der Waals surface area contributed by atoms with Crippen LogP contribution in [0.25, 0.3) is 0 Å². The van der Waals surface area contributed by atoms with Crippen molar-refractivity contribution in [2.75, 3.05) is 25.1 Å². The normalized spacial score (nSPS) is 10.7. The number of aliphatic hydroxyl groups excluding tert-OH is 1. The number of aliphatic hydroxyl groups is 1. The first kappa shape index (κ1) is 11.7. The number of hydrogen-bond acceptors (Lipinski definition) is 4. The molecule has 5 nitrogen and oxygen atoms in total. The topological polar surface area (TPSA) is 58.4 Å². The van der Waals surface area contributed by atoms with Gasteiger partial charge in [-0.25, -0.2) is 4.98 Å². The average molecular weight is 211 g/mol. The summed E-state index contributed by atoms with van der Waals surface area (Å²) in [5.41, 5.74) is -0.122. The van der Waals surface area contributed by atoms with Crippen LogP contribution in [0.4, 0.5) is 5.82 Å². The molecular weight excluding hydrogens is 194 g/mol. The second-order valence-electron chi connectivity index (χ2n) is 3.70. The van der Waals surface area contributed by atoms with Crippen LogP contribution in [0.3, 0.4) is 0 Å². The third kappa shape index (κ3) is 2.56. The van der Waals surface area contributed by atoms with E-state index in [-0.39, 0.29) is 18.2 Å². The average Bonchev–Trinajstić information content (AvgIpc) is 2.17. The molecule has 1 rings (SSSR count). The van der Waals surface area contributed by atoms with Crippen molar-refractivity contribution in [1.29, 1.82) is 0 Å². The van der Waals surface area contributed by atoms with E-state index < -0.39 is 0 Å². The van der Waals surface area contributed by atoms with Crippen molar-refractivity contribution >= 4 is 5.82 Å². The van der Waals surface area contributed by atoms with Gasteiger partial charge in [-0.05, 0) is 13.8 Å². The molecule has 1 heterocycles. The Hall–Kier alpha value is -1.36. The third-order valence-corrected chi connectivity index (χ3v) is 2.20. The Morgan fingerprint density at radius 1 is 1.60 bits per heavy atom. The Kier molecular flexibility index (Phi) is 3.85. The van der Waals surface area contributed by atoms with Crippen LogP contribution < -0.4 is 10.5 Å². The summed E-state index contributed by atoms with van der Waals surface area (Å²) in [7, 11) is 1.74. The third-order valence-electron chi connectivity index (χ3n) is 2.20. The molecule has 0 unspecified atom stereocenters. The highest BCUT2D eigenvalue weighted by Crippen LogP contribution is 2.04. The molecule has 0 aliphatic rings. The van der Waals surface area contributed by atoms with Gasteiger partial charge in [-0.3, -0.25) is 4.79 Å². The monoisotopic (exact) mass is 211 g/mol. The zero-order valence-corrected chi connectivity index (χ0v) is 9.34. The van der Waals surface area contributed by atoms with Crippen LogP contribution in [0.1, 0.15) is 19.9 Å². The largest absolute Gasteiger partial charge is 0.395 e. The summed E-state index contributed by atoms with van der Waals surface area (Å²) in [6.07, 6.45) is 3.27. The highest BCUT2D eigenvalue weighted by atomic mass is 16.3. The SMILES string of the molecule is CC(C)n1ccnc(N(C)CCO)c1=O. The number of aromatic nitrogens is 2. The molecule has 15 heavy (non-hydrogen) atoms. The Bertz CT molecular complexity index is 373. The van der Waals surface area contributed by atoms with Crippen LogP contribution in [0.2, 0.25) is 0 Å². The maximum Gasteiger partial charge on any atom is 0.293 e. The lowest BCUT2D eigenvalue weighted by Gasteiger charge is -2.18. The van der Waals surface area contributed by atoms with Gasteiger partial charge in [0.25, 0.3) is 5.56 Å². The lowest BCUT2D eigenvalue weighted by atomic mass is 10.4. The number of likely N-dealkylation sites (N-methyl/N-ethyl adjacent to an activating group) is 1. The van der Waals surface area contributed by atoms with Crippen molar-refractivity contribution in [3.63, 3.8) is 0 Å². The molecule has 0 spiro atoms. The predicted octanol–water partition coefficient (Wildman–Crippen LogP) is 0.253. The lowest BCUT2D eigenvalue weighted by molar-refractivity contribution is 0.303. The molecule has 5 heteroatoms. The molecule has 1 N–H and O–H groups in total. The van der Waals surface area contributed by atoms with Gasteiger partial charge in [0.2, 0.25) is 0 Å². The maximum atomic E-state index is 11.9. The van der Waals surface area contributed by atoms with Crippen LogP contribution in [0, 0.1) is 0 Å². The fourth-order valence-electron chi connectivity index (χ4n) is 1.34. The molecule has 0 aromatic carbocycles. The molecule has 84 valence electrons. The highest BCUT2D eigenvalue weighted by Gasteiger charge is 2.10. The van der Waals surface area contributed by atoms with Crippen molar-refractivity contribution in [2.24, 2.45) is 0 Å². The molecule has 0 saturated carbocycles. The van der Waals surface area contributed by atoms with Crippen LogP contribution in [-0.2, 0) is 0 Å². The Labute approximate surface area is 89.0 Å². The second kappa shape index (κ2) is 4.93. The van der Waals surface area contributed by atoms with Crippen molar-refractivity contribution in [3.8, 4) is 0 Å². The number of nitrogens with zero attached hydrogens (tertiary/aromatic N) is 3. The van der Waals surface area contributed by atoms with E-state index in [2.05, 4.69) is 4.98 Å². The first-order valence-electron chi connectivity index (χ1n) is 4.97. The molecule has 0 bridgehead atoms. The van der Waals surface area contributed by atoms with Gasteiger partial charge < -0.3 is 14.6 Å². The summed E-state index contributed by atoms with van der Waals surface area (Å²) < 4.78 is 1.62. The Morgan fingerprint density at radius 2 is 2.27 bits per heavy atom. The van der Waals surface area contributed by atoms with Crippen LogP contribution in [0.5, 0.6) is 0 Å². The standard InChI is InChI=1S/C10H17N3O2/c1-8(2)13-5-4-11-9(10(13)15)12(3)6-7-14/h4-5,8,14H,6-7H2,1-3H3. The molecule has 0 fully saturated rings. The van der Waals surface area contributed by atoms with E-state index in [1.54, 1.807) is 28.9 Å². The zero-order valence-electron chi connectivity index (χ0n) is 9.34. The molecule has 0 atom stereocenters. The molecule has 1 aromatic heterocycles. The van der Waals surface area contributed by atoms with Gasteiger partial charge in [-0.2, -0.15) is 0 Å². The second-order valence-corrected chi connectivity index (χ2v) is 3.70. The van der Waals surface area contributed by atoms with Crippen LogP contribution in [-0.4, -0.2) is 34.9 Å². The van der Waals surface area contributed by atoms with Gasteiger partial charge >= 0.3 is 0 Å². The van der Waals surface area contributed by atoms with Gasteiger partial charge in [0, 0.05) is 32.0 Å². The highest BCUT2D eigenvalue weighted by molar-refractivity contribution is 5.34. The maximum absolute atomic E-state index is 11.9. The first-order valence-corrected chi connectivity index (χ1v) is 4.97. The number of hydrogen-bond donors (Lipinski definition) is 1. The van der Waals surface area contributed by atoms with Crippen molar-refractivity contribution in [3.05, 3.63) is 22.7 Å². The van der Waals surface area contributed by atoms with E-state index >= 15 is 0 Å². The summed E-state index contributed by atoms with van der Waals surface area (Å²) in [5.74, 6) is 0.375. The quantitative estimate of drug-likeness (QED) is 0.775. The summed E-state index contributed by atoms with van der Waals surface area (Å²) in [5, 5.41) is 8.79. The summed E-state index contributed by atoms with van der Waals surface area (Å²) in [6.45, 7) is 4.30. The molecule has 0 saturated heterocycles. The number of rotatable bonds is 4. The van der Waals surface area contributed by atoms with Gasteiger partial charge in [-0.15, -0.1) is 0 Å². The Morgan fingerprint density at radius 3 is 2.80 bits per heavy atom. The van der Waals surface area contributed by atoms with E-state index in [1.807, 2.05) is 13.8 Å². The van der Waals surface area contributed by atoms with E-state index in [0.717, 1.165) is 0 Å². The Balaban J connectivity index is 3.10. The molecule has 0 amide bonds. The van der Waals surface area contributed by atoms with E-state index in [1.165, 1.54) is 0 Å². The smallest absolute Gasteiger partial charge is 0.293 e. The zero-order chi connectivity index (χ0) is 11.4. The fourth-order valence-corrected chi connectivity index (χ4v) is 1.34. The molecule has 0 aliphatic heterocycles. The van der Waals surface area contributed by atoms with Gasteiger partial charge in [-0.1, -0.05) is 0 Å². The van der Waals surface area contributed by atoms with Gasteiger partial charge in [0.1, 0.15) is 0 Å². The van der Waals surface area contributed by atoms with E-state index in [9.17, 15) is 4.79 Å². The minimum absolute atomic E-state index is 0.00813. The molecule has 0 radical (unpaired) electrons. The fraction of sp³-hybridized carbons (Fsp3) is 0.600. The minimum Gasteiger partial charge on any atom is -0.395 e.